The van der Waals surface area contributed by atoms with Crippen molar-refractivity contribution in [1.29, 1.82) is 0 Å². The third-order valence-electron chi connectivity index (χ3n) is 4.16. The largest absolute Gasteiger partial charge is 0.465 e. The molecule has 2 aromatic rings. The highest BCUT2D eigenvalue weighted by atomic mass is 16.5. The maximum atomic E-state index is 11.9. The first-order valence-corrected chi connectivity index (χ1v) is 9.38. The number of para-hydroxylation sites is 1. The van der Waals surface area contributed by atoms with Crippen LogP contribution >= 0.6 is 0 Å². The number of hydrogen-bond donors (Lipinski definition) is 2. The lowest BCUT2D eigenvalue weighted by Crippen LogP contribution is -2.21. The Labute approximate surface area is 174 Å². The summed E-state index contributed by atoms with van der Waals surface area (Å²) in [5.41, 5.74) is 2.50. The molecule has 0 aliphatic heterocycles. The molecule has 0 fully saturated rings. The molecule has 0 aliphatic carbocycles. The molecule has 0 atom stereocenters. The highest BCUT2D eigenvalue weighted by molar-refractivity contribution is 5.94. The molecule has 158 valence electrons. The molecule has 0 saturated heterocycles. The molecular weight excluding hydrogens is 388 g/mol. The minimum absolute atomic E-state index is 0.0301. The molecular formula is C22H24N2O6. The minimum Gasteiger partial charge on any atom is -0.465 e. The summed E-state index contributed by atoms with van der Waals surface area (Å²) in [6.45, 7) is 1.46. The van der Waals surface area contributed by atoms with Crippen molar-refractivity contribution in [1.82, 2.24) is 0 Å². The van der Waals surface area contributed by atoms with E-state index in [1.807, 2.05) is 31.2 Å². The standard InChI is InChI=1S/C22H24N2O6/c1-15-6-3-4-7-18(15)24-19(25)8-5-9-21(27)30-14-20(26)23-17-12-10-16(11-13-17)22(28)29-2/h3-4,6-7,10-13H,5,8-9,14H2,1-2H3,(H,23,26)(H,24,25). The second-order valence-corrected chi connectivity index (χ2v) is 6.49. The van der Waals surface area contributed by atoms with Crippen LogP contribution in [-0.2, 0) is 23.9 Å². The van der Waals surface area contributed by atoms with Gasteiger partial charge in [0.1, 0.15) is 0 Å². The summed E-state index contributed by atoms with van der Waals surface area (Å²) in [5, 5.41) is 5.35. The first-order chi connectivity index (χ1) is 14.4. The van der Waals surface area contributed by atoms with Crippen LogP contribution in [0, 0.1) is 6.92 Å². The Morgan fingerprint density at radius 3 is 2.23 bits per heavy atom. The molecule has 2 rings (SSSR count). The van der Waals surface area contributed by atoms with E-state index >= 15 is 0 Å². The lowest BCUT2D eigenvalue weighted by molar-refractivity contribution is -0.147. The number of amides is 2. The van der Waals surface area contributed by atoms with Gasteiger partial charge in [0.25, 0.3) is 5.91 Å². The van der Waals surface area contributed by atoms with E-state index in [9.17, 15) is 19.2 Å². The van der Waals surface area contributed by atoms with Gasteiger partial charge in [-0.05, 0) is 49.2 Å². The third kappa shape index (κ3) is 7.38. The summed E-state index contributed by atoms with van der Waals surface area (Å²) in [7, 11) is 1.28. The monoisotopic (exact) mass is 412 g/mol. The van der Waals surface area contributed by atoms with Crippen LogP contribution in [0.3, 0.4) is 0 Å². The molecule has 8 nitrogen and oxygen atoms in total. The summed E-state index contributed by atoms with van der Waals surface area (Å²) in [5.74, 6) is -1.74. The van der Waals surface area contributed by atoms with Gasteiger partial charge in [-0.25, -0.2) is 4.79 Å². The van der Waals surface area contributed by atoms with Crippen molar-refractivity contribution in [2.24, 2.45) is 0 Å². The number of ether oxygens (including phenoxy) is 2. The summed E-state index contributed by atoms with van der Waals surface area (Å²) >= 11 is 0. The van der Waals surface area contributed by atoms with Gasteiger partial charge >= 0.3 is 11.9 Å². The van der Waals surface area contributed by atoms with Crippen LogP contribution in [0.1, 0.15) is 35.2 Å². The molecule has 0 saturated carbocycles. The predicted molar refractivity (Wildman–Crippen MR) is 111 cm³/mol. The number of benzene rings is 2. The summed E-state index contributed by atoms with van der Waals surface area (Å²) in [6.07, 6.45) is 0.512. The number of aryl methyl sites for hydroxylation is 1. The molecule has 0 aromatic heterocycles. The molecule has 2 N–H and O–H groups in total. The molecule has 8 heteroatoms. The first kappa shape index (κ1) is 22.6. The smallest absolute Gasteiger partial charge is 0.337 e. The number of carbonyl (C=O) groups excluding carboxylic acids is 4. The molecule has 0 heterocycles. The van der Waals surface area contributed by atoms with Gasteiger partial charge in [0, 0.05) is 24.2 Å². The summed E-state index contributed by atoms with van der Waals surface area (Å²) in [6, 6.07) is 13.5. The Hall–Kier alpha value is -3.68. The van der Waals surface area contributed by atoms with Gasteiger partial charge in [0.05, 0.1) is 12.7 Å². The van der Waals surface area contributed by atoms with Crippen LogP contribution in [0.25, 0.3) is 0 Å². The highest BCUT2D eigenvalue weighted by Crippen LogP contribution is 2.14. The molecule has 30 heavy (non-hydrogen) atoms. The maximum absolute atomic E-state index is 11.9. The predicted octanol–water partition coefficient (Wildman–Crippen LogP) is 3.07. The van der Waals surface area contributed by atoms with E-state index in [4.69, 9.17) is 4.74 Å². The Bertz CT molecular complexity index is 908. The Kier molecular flexibility index (Phi) is 8.56. The molecule has 0 aliphatic rings. The van der Waals surface area contributed by atoms with Crippen LogP contribution in [0.4, 0.5) is 11.4 Å². The zero-order valence-corrected chi connectivity index (χ0v) is 16.9. The van der Waals surface area contributed by atoms with Gasteiger partial charge in [-0.15, -0.1) is 0 Å². The van der Waals surface area contributed by atoms with Gasteiger partial charge < -0.3 is 20.1 Å². The van der Waals surface area contributed by atoms with Crippen LogP contribution < -0.4 is 10.6 Å². The average Bonchev–Trinajstić information content (AvgIpc) is 2.74. The van der Waals surface area contributed by atoms with E-state index in [2.05, 4.69) is 15.4 Å². The molecule has 0 bridgehead atoms. The molecule has 0 unspecified atom stereocenters. The van der Waals surface area contributed by atoms with E-state index in [-0.39, 0.29) is 18.7 Å². The number of carbonyl (C=O) groups is 4. The zero-order chi connectivity index (χ0) is 21.9. The number of nitrogens with one attached hydrogen (secondary N) is 2. The fourth-order valence-electron chi connectivity index (χ4n) is 2.54. The zero-order valence-electron chi connectivity index (χ0n) is 16.9. The summed E-state index contributed by atoms with van der Waals surface area (Å²) < 4.78 is 9.51. The number of methoxy groups -OCH3 is 1. The first-order valence-electron chi connectivity index (χ1n) is 9.38. The minimum atomic E-state index is -0.560. The quantitative estimate of drug-likeness (QED) is 0.613. The van der Waals surface area contributed by atoms with E-state index in [1.165, 1.54) is 19.2 Å². The van der Waals surface area contributed by atoms with Gasteiger partial charge in [0.2, 0.25) is 5.91 Å². The van der Waals surface area contributed by atoms with Crippen LogP contribution in [-0.4, -0.2) is 37.5 Å². The van der Waals surface area contributed by atoms with Gasteiger partial charge in [-0.2, -0.15) is 0 Å². The summed E-state index contributed by atoms with van der Waals surface area (Å²) in [4.78, 5) is 46.9. The normalized spacial score (nSPS) is 10.1. The average molecular weight is 412 g/mol. The third-order valence-corrected chi connectivity index (χ3v) is 4.16. The number of anilines is 2. The second-order valence-electron chi connectivity index (χ2n) is 6.49. The van der Waals surface area contributed by atoms with E-state index in [1.54, 1.807) is 12.1 Å². The van der Waals surface area contributed by atoms with Crippen molar-refractivity contribution < 1.29 is 28.7 Å². The topological polar surface area (TPSA) is 111 Å². The van der Waals surface area contributed by atoms with Crippen molar-refractivity contribution in [2.75, 3.05) is 24.4 Å². The van der Waals surface area contributed by atoms with E-state index < -0.39 is 24.5 Å². The Balaban J connectivity index is 1.65. The van der Waals surface area contributed by atoms with E-state index in [0.29, 0.717) is 17.7 Å². The molecule has 2 aromatic carbocycles. The van der Waals surface area contributed by atoms with Crippen molar-refractivity contribution in [3.63, 3.8) is 0 Å². The van der Waals surface area contributed by atoms with Crippen molar-refractivity contribution >= 4 is 35.1 Å². The van der Waals surface area contributed by atoms with Crippen LogP contribution in [0.2, 0.25) is 0 Å². The number of rotatable bonds is 9. The Morgan fingerprint density at radius 1 is 0.867 bits per heavy atom. The Morgan fingerprint density at radius 2 is 1.57 bits per heavy atom. The van der Waals surface area contributed by atoms with Crippen LogP contribution in [0.5, 0.6) is 0 Å². The molecule has 2 amide bonds. The van der Waals surface area contributed by atoms with Crippen molar-refractivity contribution in [3.05, 3.63) is 59.7 Å². The second kappa shape index (κ2) is 11.4. The lowest BCUT2D eigenvalue weighted by atomic mass is 10.2. The fraction of sp³-hybridized carbons (Fsp3) is 0.273. The van der Waals surface area contributed by atoms with Gasteiger partial charge in [-0.3, -0.25) is 14.4 Å². The fourth-order valence-corrected chi connectivity index (χ4v) is 2.54. The van der Waals surface area contributed by atoms with Gasteiger partial charge in [-0.1, -0.05) is 18.2 Å². The molecule has 0 spiro atoms. The SMILES string of the molecule is COC(=O)c1ccc(NC(=O)COC(=O)CCCC(=O)Nc2ccccc2C)cc1. The van der Waals surface area contributed by atoms with Crippen molar-refractivity contribution in [3.8, 4) is 0 Å². The van der Waals surface area contributed by atoms with E-state index in [0.717, 1.165) is 11.3 Å². The number of hydrogen-bond acceptors (Lipinski definition) is 6. The van der Waals surface area contributed by atoms with Crippen LogP contribution in [0.15, 0.2) is 48.5 Å². The lowest BCUT2D eigenvalue weighted by Gasteiger charge is -2.08. The van der Waals surface area contributed by atoms with Crippen molar-refractivity contribution in [2.45, 2.75) is 26.2 Å². The molecule has 0 radical (unpaired) electrons. The number of esters is 2. The highest BCUT2D eigenvalue weighted by Gasteiger charge is 2.11. The van der Waals surface area contributed by atoms with Gasteiger partial charge in [0.15, 0.2) is 6.61 Å². The maximum Gasteiger partial charge on any atom is 0.337 e.